The Kier molecular flexibility index (Phi) is 19.9. The van der Waals surface area contributed by atoms with Gasteiger partial charge in [0, 0.05) is 12.8 Å². The van der Waals surface area contributed by atoms with Gasteiger partial charge in [0.1, 0.15) is 18.2 Å². The van der Waals surface area contributed by atoms with E-state index in [-0.39, 0.29) is 49.0 Å². The van der Waals surface area contributed by atoms with Crippen molar-refractivity contribution in [2.24, 2.45) is 0 Å². The van der Waals surface area contributed by atoms with Gasteiger partial charge in [-0.2, -0.15) is 14.4 Å². The van der Waals surface area contributed by atoms with Crippen LogP contribution < -0.4 is 5.73 Å². The molecule has 2 N–H and O–H groups in total. The fraction of sp³-hybridized carbons (Fsp3) is 0.775. The fourth-order valence-electron chi connectivity index (χ4n) is 6.88. The molecule has 10 nitrogen and oxygen atoms in total. The van der Waals surface area contributed by atoms with Gasteiger partial charge in [0.15, 0.2) is 17.6 Å². The van der Waals surface area contributed by atoms with Gasteiger partial charge in [0.25, 0.3) is 0 Å². The topological polar surface area (TPSA) is 131 Å². The van der Waals surface area contributed by atoms with Gasteiger partial charge in [0.05, 0.1) is 12.9 Å². The lowest BCUT2D eigenvalue weighted by Gasteiger charge is -2.30. The number of anilines is 1. The van der Waals surface area contributed by atoms with Gasteiger partial charge in [0.2, 0.25) is 5.60 Å². The zero-order valence-electron chi connectivity index (χ0n) is 31.5. The van der Waals surface area contributed by atoms with Crippen LogP contribution in [0, 0.1) is 18.4 Å². The Labute approximate surface area is 305 Å². The van der Waals surface area contributed by atoms with Crippen molar-refractivity contribution in [1.29, 1.82) is 0 Å². The average molecular weight is 714 g/mol. The molecule has 0 bridgehead atoms. The van der Waals surface area contributed by atoms with Crippen molar-refractivity contribution >= 4 is 28.9 Å². The lowest BCUT2D eigenvalue weighted by atomic mass is 9.95. The van der Waals surface area contributed by atoms with Crippen molar-refractivity contribution in [2.75, 3.05) is 18.9 Å². The number of esters is 2. The number of fused-ring (bicyclic) bond motifs is 1. The predicted octanol–water partition coefficient (Wildman–Crippen LogP) is 9.35. The van der Waals surface area contributed by atoms with Gasteiger partial charge < -0.3 is 24.5 Å². The predicted molar refractivity (Wildman–Crippen MR) is 199 cm³/mol. The number of aromatic nitrogens is 4. The van der Waals surface area contributed by atoms with Crippen molar-refractivity contribution in [3.63, 3.8) is 0 Å². The lowest BCUT2D eigenvalue weighted by Crippen LogP contribution is -2.47. The van der Waals surface area contributed by atoms with Gasteiger partial charge >= 0.3 is 18.0 Å². The molecular formula is C40H64FN5O5. The number of hydrogen-bond donors (Lipinski definition) is 1. The third-order valence-electron chi connectivity index (χ3n) is 10.0. The van der Waals surface area contributed by atoms with E-state index in [2.05, 4.69) is 34.7 Å². The third kappa shape index (κ3) is 14.4. The van der Waals surface area contributed by atoms with E-state index in [1.165, 1.54) is 103 Å². The maximum atomic E-state index is 14.2. The second kappa shape index (κ2) is 24.1. The molecule has 3 atom stereocenters. The smallest absolute Gasteiger partial charge is 0.312 e. The molecule has 1 aliphatic rings. The highest BCUT2D eigenvalue weighted by atomic mass is 19.1. The van der Waals surface area contributed by atoms with Gasteiger partial charge in [-0.15, -0.1) is 6.42 Å². The number of carbonyl (C=O) groups excluding carboxylic acids is 2. The van der Waals surface area contributed by atoms with E-state index in [9.17, 15) is 14.0 Å². The Morgan fingerprint density at radius 2 is 1.33 bits per heavy atom. The summed E-state index contributed by atoms with van der Waals surface area (Å²) in [6, 6.07) is -0.716. The molecule has 0 aromatic carbocycles. The van der Waals surface area contributed by atoms with Crippen molar-refractivity contribution in [2.45, 2.75) is 186 Å². The molecule has 0 saturated carbocycles. The number of halogens is 1. The third-order valence-corrected chi connectivity index (χ3v) is 10.0. The highest BCUT2D eigenvalue weighted by Crippen LogP contribution is 2.38. The first kappa shape index (κ1) is 42.2. The number of rotatable bonds is 28. The van der Waals surface area contributed by atoms with Crippen LogP contribution in [0.25, 0.3) is 11.2 Å². The quantitative estimate of drug-likeness (QED) is 0.0397. The Hall–Kier alpha value is -3.26. The summed E-state index contributed by atoms with van der Waals surface area (Å²) in [6.45, 7) is 4.17. The lowest BCUT2D eigenvalue weighted by molar-refractivity contribution is -0.164. The summed E-state index contributed by atoms with van der Waals surface area (Å²) >= 11 is 0. The maximum absolute atomic E-state index is 14.2. The molecule has 1 unspecified atom stereocenters. The normalized spacial score (nSPS) is 18.6. The number of hydrogen-bond acceptors (Lipinski definition) is 9. The monoisotopic (exact) mass is 713 g/mol. The van der Waals surface area contributed by atoms with E-state index in [0.717, 1.165) is 38.5 Å². The van der Waals surface area contributed by atoms with Crippen LogP contribution in [-0.2, 0) is 23.8 Å². The molecule has 0 radical (unpaired) electrons. The number of terminal acetylenes is 1. The number of ether oxygens (including phenoxy) is 3. The fourth-order valence-corrected chi connectivity index (χ4v) is 6.88. The van der Waals surface area contributed by atoms with Crippen LogP contribution in [0.1, 0.15) is 174 Å². The molecule has 1 aliphatic heterocycles. The van der Waals surface area contributed by atoms with E-state index < -0.39 is 29.8 Å². The molecule has 0 aliphatic carbocycles. The van der Waals surface area contributed by atoms with Gasteiger partial charge in [-0.05, 0) is 12.8 Å². The number of carbonyl (C=O) groups is 2. The number of imidazole rings is 1. The summed E-state index contributed by atoms with van der Waals surface area (Å²) in [5, 5.41) is 0. The van der Waals surface area contributed by atoms with Crippen LogP contribution in [0.2, 0.25) is 0 Å². The first-order valence-corrected chi connectivity index (χ1v) is 20.0. The SMILES string of the molecule is C#C[C@]1(COC(=O)CCCCCCCCCCCCC)OCC(n2cnc3c(N)nc(F)nc32)[C@@H]1OC(=O)CCCCCCCCCCCCC. The van der Waals surface area contributed by atoms with Crippen LogP contribution >= 0.6 is 0 Å². The number of nitrogen functional groups attached to an aromatic ring is 1. The summed E-state index contributed by atoms with van der Waals surface area (Å²) in [4.78, 5) is 37.8. The molecular weight excluding hydrogens is 649 g/mol. The van der Waals surface area contributed by atoms with E-state index in [1.54, 1.807) is 4.57 Å². The Morgan fingerprint density at radius 3 is 1.84 bits per heavy atom. The summed E-state index contributed by atoms with van der Waals surface area (Å²) in [5.74, 6) is 1.71. The molecule has 51 heavy (non-hydrogen) atoms. The summed E-state index contributed by atoms with van der Waals surface area (Å²) in [5.41, 5.74) is 4.69. The van der Waals surface area contributed by atoms with Crippen LogP contribution in [0.3, 0.4) is 0 Å². The summed E-state index contributed by atoms with van der Waals surface area (Å²) in [6.07, 6.45) is 31.7. The van der Waals surface area contributed by atoms with E-state index >= 15 is 0 Å². The zero-order chi connectivity index (χ0) is 36.7. The molecule has 2 aromatic rings. The van der Waals surface area contributed by atoms with E-state index in [0.29, 0.717) is 6.42 Å². The van der Waals surface area contributed by atoms with E-state index in [4.69, 9.17) is 26.4 Å². The highest BCUT2D eigenvalue weighted by Gasteiger charge is 2.54. The zero-order valence-corrected chi connectivity index (χ0v) is 31.5. The van der Waals surface area contributed by atoms with Gasteiger partial charge in [-0.25, -0.2) is 4.98 Å². The minimum Gasteiger partial charge on any atom is -0.461 e. The molecule has 1 saturated heterocycles. The minimum atomic E-state index is -1.54. The van der Waals surface area contributed by atoms with E-state index in [1.807, 2.05) is 0 Å². The number of nitrogens with zero attached hydrogens (tertiary/aromatic N) is 4. The molecule has 3 rings (SSSR count). The molecule has 1 fully saturated rings. The van der Waals surface area contributed by atoms with Crippen LogP contribution in [0.4, 0.5) is 10.2 Å². The standard InChI is InChI=1S/C40H64FN5O5/c1-4-7-9-11-13-15-17-19-21-23-25-27-33(47)49-30-40(6-3)36(51-34(48)28-26-24-22-20-18-16-14-12-10-8-5-2)32(29-50-40)46-31-43-35-37(42)44-39(41)45-38(35)46/h3,31-32,36H,4-5,7-30H2,1-2H3,(H2,42,44,45)/t32?,36-,40+/m0/s1. The maximum Gasteiger partial charge on any atom is 0.312 e. The largest absolute Gasteiger partial charge is 0.461 e. The van der Waals surface area contributed by atoms with Crippen LogP contribution in [0.15, 0.2) is 6.33 Å². The Morgan fingerprint density at radius 1 is 0.843 bits per heavy atom. The number of nitrogens with two attached hydrogens (primary N) is 1. The highest BCUT2D eigenvalue weighted by molar-refractivity contribution is 5.81. The first-order chi connectivity index (χ1) is 24.8. The van der Waals surface area contributed by atoms with Crippen molar-refractivity contribution in [3.8, 4) is 12.3 Å². The van der Waals surface area contributed by atoms with Crippen LogP contribution in [-0.4, -0.2) is 56.4 Å². The van der Waals surface area contributed by atoms with Crippen molar-refractivity contribution in [3.05, 3.63) is 12.4 Å². The average Bonchev–Trinajstić information content (AvgIpc) is 3.70. The molecule has 11 heteroatoms. The van der Waals surface area contributed by atoms with Crippen molar-refractivity contribution < 1.29 is 28.2 Å². The number of unbranched alkanes of at least 4 members (excludes halogenated alkanes) is 20. The molecule has 286 valence electrons. The molecule has 0 spiro atoms. The Balaban J connectivity index is 1.52. The van der Waals surface area contributed by atoms with Gasteiger partial charge in [-0.3, -0.25) is 9.59 Å². The molecule has 0 amide bonds. The minimum absolute atomic E-state index is 0.00622. The van der Waals surface area contributed by atoms with Gasteiger partial charge in [-0.1, -0.05) is 148 Å². The van der Waals surface area contributed by atoms with Crippen LogP contribution in [0.5, 0.6) is 0 Å². The van der Waals surface area contributed by atoms with Crippen molar-refractivity contribution in [1.82, 2.24) is 19.5 Å². The summed E-state index contributed by atoms with van der Waals surface area (Å²) < 4.78 is 33.6. The Bertz CT molecular complexity index is 1350. The molecule has 3 heterocycles. The second-order valence-electron chi connectivity index (χ2n) is 14.3. The first-order valence-electron chi connectivity index (χ1n) is 20.0. The second-order valence-corrected chi connectivity index (χ2v) is 14.3. The summed E-state index contributed by atoms with van der Waals surface area (Å²) in [7, 11) is 0. The molecule has 2 aromatic heterocycles.